The molecule has 0 aliphatic carbocycles. The van der Waals surface area contributed by atoms with E-state index in [0.717, 1.165) is 28.5 Å². The van der Waals surface area contributed by atoms with Gasteiger partial charge in [0.2, 0.25) is 5.91 Å². The zero-order valence-electron chi connectivity index (χ0n) is 24.3. The normalized spacial score (nSPS) is 16.8. The van der Waals surface area contributed by atoms with Gasteiger partial charge in [-0.3, -0.25) is 9.78 Å². The maximum Gasteiger partial charge on any atom is 0.229 e. The van der Waals surface area contributed by atoms with Gasteiger partial charge in [-0.2, -0.15) is 0 Å². The second-order valence-electron chi connectivity index (χ2n) is 11.3. The number of carbonyl (C=O) groups excluding carboxylic acids is 1. The highest BCUT2D eigenvalue weighted by molar-refractivity contribution is 7.80. The lowest BCUT2D eigenvalue weighted by Gasteiger charge is -2.29. The largest absolute Gasteiger partial charge is 0.494 e. The standard InChI is InChI=1S/C32H36N6O2S/c1-32(2,3)30(39)34-24-17-16-23(20-27(24)40-6)38-29(28(35-31(38)41)25-10-7-8-18-33-25)26-11-9-19-37(26)22-14-12-21(13-15-22)36(4)5/h7-20,28-29H,1-6H3,(H,34,39)(H,35,41). The molecule has 1 aliphatic heterocycles. The fourth-order valence-electron chi connectivity index (χ4n) is 4.96. The summed E-state index contributed by atoms with van der Waals surface area (Å²) in [5, 5.41) is 7.11. The lowest BCUT2D eigenvalue weighted by molar-refractivity contribution is -0.123. The molecule has 2 atom stereocenters. The van der Waals surface area contributed by atoms with Crippen molar-refractivity contribution in [2.75, 3.05) is 36.3 Å². The monoisotopic (exact) mass is 568 g/mol. The van der Waals surface area contributed by atoms with Crippen LogP contribution in [0.5, 0.6) is 5.75 Å². The van der Waals surface area contributed by atoms with Crippen LogP contribution in [0.25, 0.3) is 5.69 Å². The number of hydrogen-bond acceptors (Lipinski definition) is 5. The first-order valence-corrected chi connectivity index (χ1v) is 13.9. The molecule has 0 radical (unpaired) electrons. The molecule has 0 spiro atoms. The summed E-state index contributed by atoms with van der Waals surface area (Å²) in [4.78, 5) is 21.6. The van der Waals surface area contributed by atoms with Crippen LogP contribution in [0.2, 0.25) is 0 Å². The summed E-state index contributed by atoms with van der Waals surface area (Å²) < 4.78 is 7.92. The summed E-state index contributed by atoms with van der Waals surface area (Å²) in [7, 11) is 5.67. The van der Waals surface area contributed by atoms with Gasteiger partial charge in [-0.25, -0.2) is 0 Å². The van der Waals surface area contributed by atoms with Crippen LogP contribution in [0.4, 0.5) is 17.1 Å². The highest BCUT2D eigenvalue weighted by Gasteiger charge is 2.42. The second-order valence-corrected chi connectivity index (χ2v) is 11.7. The molecule has 1 amide bonds. The van der Waals surface area contributed by atoms with Crippen molar-refractivity contribution in [1.29, 1.82) is 0 Å². The van der Waals surface area contributed by atoms with E-state index in [1.165, 1.54) is 0 Å². The summed E-state index contributed by atoms with van der Waals surface area (Å²) in [6.45, 7) is 5.63. The molecular weight excluding hydrogens is 532 g/mol. The summed E-state index contributed by atoms with van der Waals surface area (Å²) in [5.41, 5.74) is 5.02. The smallest absolute Gasteiger partial charge is 0.229 e. The summed E-state index contributed by atoms with van der Waals surface area (Å²) in [6, 6.07) is 23.9. The molecule has 1 aliphatic rings. The molecular formula is C32H36N6O2S. The van der Waals surface area contributed by atoms with Crippen LogP contribution < -0.4 is 25.2 Å². The zero-order chi connectivity index (χ0) is 29.3. The number of nitrogens with zero attached hydrogens (tertiary/aromatic N) is 4. The molecule has 2 aromatic carbocycles. The molecule has 4 aromatic rings. The number of methoxy groups -OCH3 is 1. The number of rotatable bonds is 7. The van der Waals surface area contributed by atoms with Crippen molar-refractivity contribution < 1.29 is 9.53 Å². The van der Waals surface area contributed by atoms with E-state index in [-0.39, 0.29) is 18.0 Å². The van der Waals surface area contributed by atoms with Gasteiger partial charge in [-0.15, -0.1) is 0 Å². The molecule has 1 saturated heterocycles. The third kappa shape index (κ3) is 5.63. The van der Waals surface area contributed by atoms with Crippen molar-refractivity contribution >= 4 is 40.3 Å². The van der Waals surface area contributed by atoms with Crippen molar-refractivity contribution in [3.63, 3.8) is 0 Å². The molecule has 3 heterocycles. The molecule has 212 valence electrons. The van der Waals surface area contributed by atoms with E-state index in [1.54, 1.807) is 13.3 Å². The number of pyridine rings is 1. The topological polar surface area (TPSA) is 74.7 Å². The highest BCUT2D eigenvalue weighted by Crippen LogP contribution is 2.44. The van der Waals surface area contributed by atoms with Gasteiger partial charge >= 0.3 is 0 Å². The van der Waals surface area contributed by atoms with Crippen LogP contribution in [0, 0.1) is 5.41 Å². The molecule has 8 nitrogen and oxygen atoms in total. The van der Waals surface area contributed by atoms with Gasteiger partial charge in [0.1, 0.15) is 11.8 Å². The molecule has 9 heteroatoms. The van der Waals surface area contributed by atoms with Gasteiger partial charge in [0.25, 0.3) is 0 Å². The van der Waals surface area contributed by atoms with E-state index >= 15 is 0 Å². The number of hydrogen-bond donors (Lipinski definition) is 2. The lowest BCUT2D eigenvalue weighted by Crippen LogP contribution is -2.30. The van der Waals surface area contributed by atoms with E-state index in [9.17, 15) is 4.79 Å². The van der Waals surface area contributed by atoms with Gasteiger partial charge < -0.3 is 29.7 Å². The molecule has 2 N–H and O–H groups in total. The third-order valence-corrected chi connectivity index (χ3v) is 7.53. The number of benzene rings is 2. The van der Waals surface area contributed by atoms with Gasteiger partial charge in [-0.05, 0) is 72.9 Å². The van der Waals surface area contributed by atoms with Crippen molar-refractivity contribution in [2.45, 2.75) is 32.9 Å². The first-order chi connectivity index (χ1) is 19.6. The van der Waals surface area contributed by atoms with Crippen LogP contribution in [0.1, 0.15) is 44.2 Å². The van der Waals surface area contributed by atoms with E-state index in [4.69, 9.17) is 17.0 Å². The molecule has 5 rings (SSSR count). The van der Waals surface area contributed by atoms with Gasteiger partial charge in [0.15, 0.2) is 5.11 Å². The van der Waals surface area contributed by atoms with Crippen molar-refractivity contribution in [2.24, 2.45) is 5.41 Å². The fourth-order valence-corrected chi connectivity index (χ4v) is 5.30. The third-order valence-electron chi connectivity index (χ3n) is 7.22. The summed E-state index contributed by atoms with van der Waals surface area (Å²) >= 11 is 5.95. The van der Waals surface area contributed by atoms with Crippen molar-refractivity contribution in [1.82, 2.24) is 14.9 Å². The number of aromatic nitrogens is 2. The van der Waals surface area contributed by atoms with Gasteiger partial charge in [-0.1, -0.05) is 26.8 Å². The Balaban J connectivity index is 1.59. The zero-order valence-corrected chi connectivity index (χ0v) is 25.1. The van der Waals surface area contributed by atoms with Gasteiger partial charge in [0.05, 0.1) is 24.5 Å². The Kier molecular flexibility index (Phi) is 7.73. The molecule has 0 bridgehead atoms. The Morgan fingerprint density at radius 1 is 1.02 bits per heavy atom. The number of carbonyl (C=O) groups is 1. The minimum atomic E-state index is -0.540. The Morgan fingerprint density at radius 2 is 1.76 bits per heavy atom. The Bertz CT molecular complexity index is 1540. The molecule has 41 heavy (non-hydrogen) atoms. The van der Waals surface area contributed by atoms with Crippen molar-refractivity contribution in [3.8, 4) is 11.4 Å². The average molecular weight is 569 g/mol. The number of amides is 1. The lowest BCUT2D eigenvalue weighted by atomic mass is 9.95. The first kappa shape index (κ1) is 28.2. The van der Waals surface area contributed by atoms with Crippen molar-refractivity contribution in [3.05, 3.63) is 96.6 Å². The Labute approximate surface area is 247 Å². The Morgan fingerprint density at radius 3 is 2.39 bits per heavy atom. The maximum absolute atomic E-state index is 12.7. The van der Waals surface area contributed by atoms with E-state index in [1.807, 2.05) is 71.3 Å². The van der Waals surface area contributed by atoms with E-state index < -0.39 is 5.41 Å². The summed E-state index contributed by atoms with van der Waals surface area (Å²) in [5.74, 6) is 0.464. The fraction of sp³-hybridized carbons (Fsp3) is 0.281. The number of anilines is 3. The minimum absolute atomic E-state index is 0.0897. The highest BCUT2D eigenvalue weighted by atomic mass is 32.1. The molecule has 0 saturated carbocycles. The van der Waals surface area contributed by atoms with E-state index in [2.05, 4.69) is 72.6 Å². The minimum Gasteiger partial charge on any atom is -0.494 e. The SMILES string of the molecule is COc1cc(N2C(=S)NC(c3ccccn3)C2c2cccn2-c2ccc(N(C)C)cc2)ccc1NC(=O)C(C)(C)C. The van der Waals surface area contributed by atoms with Crippen LogP contribution in [0.15, 0.2) is 85.2 Å². The number of ether oxygens (including phenoxy) is 1. The maximum atomic E-state index is 12.7. The average Bonchev–Trinajstić information content (AvgIpc) is 3.57. The Hall–Kier alpha value is -4.37. The number of thiocarbonyl (C=S) groups is 1. The van der Waals surface area contributed by atoms with Crippen LogP contribution in [0.3, 0.4) is 0 Å². The predicted molar refractivity (Wildman–Crippen MR) is 169 cm³/mol. The van der Waals surface area contributed by atoms with Crippen LogP contribution in [-0.4, -0.2) is 41.8 Å². The van der Waals surface area contributed by atoms with E-state index in [0.29, 0.717) is 16.5 Å². The second kappa shape index (κ2) is 11.2. The van der Waals surface area contributed by atoms with Crippen LogP contribution >= 0.6 is 12.2 Å². The molecule has 2 aromatic heterocycles. The quantitative estimate of drug-likeness (QED) is 0.261. The summed E-state index contributed by atoms with van der Waals surface area (Å²) in [6.07, 6.45) is 3.87. The molecule has 2 unspecified atom stereocenters. The first-order valence-electron chi connectivity index (χ1n) is 13.5. The number of nitrogens with one attached hydrogen (secondary N) is 2. The molecule has 1 fully saturated rings. The van der Waals surface area contributed by atoms with Gasteiger partial charge in [0, 0.05) is 60.7 Å². The predicted octanol–water partition coefficient (Wildman–Crippen LogP) is 6.11. The van der Waals surface area contributed by atoms with Crippen LogP contribution in [-0.2, 0) is 4.79 Å².